The number of carboxylic acid groups (broad SMARTS) is 1. The number of anilines is 1. The van der Waals surface area contributed by atoms with Gasteiger partial charge in [0.1, 0.15) is 0 Å². The molecule has 0 saturated carbocycles. The Hall–Kier alpha value is -1.51. The number of nitrogens with zero attached hydrogens (tertiary/aromatic N) is 1. The second kappa shape index (κ2) is 5.01. The largest absolute Gasteiger partial charge is 0.481 e. The molecule has 2 rings (SSSR count). The Bertz CT molecular complexity index is 417. The SMILES string of the molecule is CC(C)(CC(=O)O)c1ccc(N2CCCC2)cc1. The van der Waals surface area contributed by atoms with Gasteiger partial charge in [-0.3, -0.25) is 4.79 Å². The van der Waals surface area contributed by atoms with Crippen molar-refractivity contribution in [2.45, 2.75) is 38.5 Å². The van der Waals surface area contributed by atoms with Crippen molar-refractivity contribution in [2.24, 2.45) is 0 Å². The smallest absolute Gasteiger partial charge is 0.304 e. The van der Waals surface area contributed by atoms with Crippen molar-refractivity contribution in [2.75, 3.05) is 18.0 Å². The van der Waals surface area contributed by atoms with Crippen molar-refractivity contribution in [3.8, 4) is 0 Å². The van der Waals surface area contributed by atoms with E-state index in [1.54, 1.807) is 0 Å². The highest BCUT2D eigenvalue weighted by Crippen LogP contribution is 2.29. The van der Waals surface area contributed by atoms with Gasteiger partial charge in [-0.05, 0) is 30.5 Å². The molecule has 0 spiro atoms. The van der Waals surface area contributed by atoms with Crippen LogP contribution in [0.1, 0.15) is 38.7 Å². The molecule has 1 aromatic rings. The number of carbonyl (C=O) groups is 1. The molecular weight excluding hydrogens is 226 g/mol. The van der Waals surface area contributed by atoms with Crippen LogP contribution in [-0.4, -0.2) is 24.2 Å². The highest BCUT2D eigenvalue weighted by atomic mass is 16.4. The average Bonchev–Trinajstić information content (AvgIpc) is 2.81. The molecule has 1 fully saturated rings. The van der Waals surface area contributed by atoms with E-state index in [1.807, 2.05) is 13.8 Å². The first-order valence-electron chi connectivity index (χ1n) is 6.56. The van der Waals surface area contributed by atoms with Gasteiger partial charge in [0.25, 0.3) is 0 Å². The van der Waals surface area contributed by atoms with Gasteiger partial charge in [-0.2, -0.15) is 0 Å². The Balaban J connectivity index is 2.13. The van der Waals surface area contributed by atoms with Gasteiger partial charge < -0.3 is 10.0 Å². The molecule has 0 aromatic heterocycles. The maximum atomic E-state index is 10.9. The van der Waals surface area contributed by atoms with Crippen molar-refractivity contribution in [3.63, 3.8) is 0 Å². The fraction of sp³-hybridized carbons (Fsp3) is 0.533. The first-order valence-corrected chi connectivity index (χ1v) is 6.56. The Kier molecular flexibility index (Phi) is 3.60. The molecule has 0 atom stereocenters. The standard InChI is InChI=1S/C15H21NO2/c1-15(2,11-14(17)18)12-5-7-13(8-6-12)16-9-3-4-10-16/h5-8H,3-4,9-11H2,1-2H3,(H,17,18). The quantitative estimate of drug-likeness (QED) is 0.889. The van der Waals surface area contributed by atoms with Gasteiger partial charge in [-0.25, -0.2) is 0 Å². The number of benzene rings is 1. The van der Waals surface area contributed by atoms with Gasteiger partial charge in [0.15, 0.2) is 0 Å². The predicted octanol–water partition coefficient (Wildman–Crippen LogP) is 3.04. The zero-order valence-corrected chi connectivity index (χ0v) is 11.1. The number of carboxylic acids is 1. The molecule has 3 nitrogen and oxygen atoms in total. The number of hydrogen-bond acceptors (Lipinski definition) is 2. The molecule has 1 heterocycles. The van der Waals surface area contributed by atoms with E-state index in [2.05, 4.69) is 29.2 Å². The second-order valence-corrected chi connectivity index (χ2v) is 5.70. The van der Waals surface area contributed by atoms with Crippen LogP contribution in [0.2, 0.25) is 0 Å². The lowest BCUT2D eigenvalue weighted by atomic mass is 9.81. The van der Waals surface area contributed by atoms with Gasteiger partial charge >= 0.3 is 5.97 Å². The maximum absolute atomic E-state index is 10.9. The van der Waals surface area contributed by atoms with E-state index in [9.17, 15) is 4.79 Å². The van der Waals surface area contributed by atoms with Crippen LogP contribution >= 0.6 is 0 Å². The molecule has 1 saturated heterocycles. The van der Waals surface area contributed by atoms with E-state index >= 15 is 0 Å². The third-order valence-corrected chi connectivity index (χ3v) is 3.71. The van der Waals surface area contributed by atoms with Crippen molar-refractivity contribution in [1.82, 2.24) is 0 Å². The predicted molar refractivity (Wildman–Crippen MR) is 73.2 cm³/mol. The molecule has 1 N–H and O–H groups in total. The second-order valence-electron chi connectivity index (χ2n) is 5.70. The molecule has 1 aliphatic heterocycles. The molecule has 3 heteroatoms. The summed E-state index contributed by atoms with van der Waals surface area (Å²) in [6.07, 6.45) is 2.70. The van der Waals surface area contributed by atoms with Crippen LogP contribution in [0.15, 0.2) is 24.3 Å². The first-order chi connectivity index (χ1) is 8.49. The van der Waals surface area contributed by atoms with Crippen LogP contribution in [0.3, 0.4) is 0 Å². The summed E-state index contributed by atoms with van der Waals surface area (Å²) < 4.78 is 0. The molecule has 1 aromatic carbocycles. The molecule has 98 valence electrons. The third-order valence-electron chi connectivity index (χ3n) is 3.71. The Labute approximate surface area is 108 Å². The van der Waals surface area contributed by atoms with Gasteiger partial charge in [0, 0.05) is 24.2 Å². The van der Waals surface area contributed by atoms with E-state index in [-0.39, 0.29) is 11.8 Å². The van der Waals surface area contributed by atoms with Crippen molar-refractivity contribution in [1.29, 1.82) is 0 Å². The van der Waals surface area contributed by atoms with Crippen molar-refractivity contribution >= 4 is 11.7 Å². The summed E-state index contributed by atoms with van der Waals surface area (Å²) in [5.74, 6) is -0.747. The van der Waals surface area contributed by atoms with E-state index in [0.717, 1.165) is 18.7 Å². The lowest BCUT2D eigenvalue weighted by molar-refractivity contribution is -0.138. The summed E-state index contributed by atoms with van der Waals surface area (Å²) in [5, 5.41) is 8.93. The number of aliphatic carboxylic acids is 1. The Morgan fingerprint density at radius 3 is 2.28 bits per heavy atom. The molecule has 0 amide bonds. The summed E-state index contributed by atoms with van der Waals surface area (Å²) in [4.78, 5) is 13.2. The van der Waals surface area contributed by atoms with Gasteiger partial charge in [0.05, 0.1) is 6.42 Å². The maximum Gasteiger partial charge on any atom is 0.304 e. The van der Waals surface area contributed by atoms with Gasteiger partial charge in [0.2, 0.25) is 0 Å². The lowest BCUT2D eigenvalue weighted by Gasteiger charge is -2.24. The Morgan fingerprint density at radius 1 is 1.22 bits per heavy atom. The zero-order chi connectivity index (χ0) is 13.2. The minimum atomic E-state index is -0.747. The summed E-state index contributed by atoms with van der Waals surface area (Å²) in [7, 11) is 0. The van der Waals surface area contributed by atoms with Crippen LogP contribution in [-0.2, 0) is 10.2 Å². The van der Waals surface area contributed by atoms with Crippen LogP contribution in [0.5, 0.6) is 0 Å². The van der Waals surface area contributed by atoms with Gasteiger partial charge in [-0.15, -0.1) is 0 Å². The normalized spacial score (nSPS) is 16.0. The molecule has 18 heavy (non-hydrogen) atoms. The van der Waals surface area contributed by atoms with Crippen LogP contribution in [0, 0.1) is 0 Å². The minimum Gasteiger partial charge on any atom is -0.481 e. The molecule has 0 bridgehead atoms. The number of rotatable bonds is 4. The molecule has 1 aliphatic rings. The van der Waals surface area contributed by atoms with E-state index in [4.69, 9.17) is 5.11 Å². The minimum absolute atomic E-state index is 0.163. The van der Waals surface area contributed by atoms with Crippen LogP contribution < -0.4 is 4.90 Å². The fourth-order valence-corrected chi connectivity index (χ4v) is 2.58. The van der Waals surface area contributed by atoms with E-state index in [0.29, 0.717) is 0 Å². The van der Waals surface area contributed by atoms with E-state index in [1.165, 1.54) is 18.5 Å². The summed E-state index contributed by atoms with van der Waals surface area (Å²) in [6.45, 7) is 6.23. The van der Waals surface area contributed by atoms with E-state index < -0.39 is 5.97 Å². The molecular formula is C15H21NO2. The zero-order valence-electron chi connectivity index (χ0n) is 11.1. The summed E-state index contributed by atoms with van der Waals surface area (Å²) in [5.41, 5.74) is 2.03. The number of hydrogen-bond donors (Lipinski definition) is 1. The van der Waals surface area contributed by atoms with Gasteiger partial charge in [-0.1, -0.05) is 26.0 Å². The van der Waals surface area contributed by atoms with Crippen molar-refractivity contribution in [3.05, 3.63) is 29.8 Å². The highest BCUT2D eigenvalue weighted by Gasteiger charge is 2.24. The highest BCUT2D eigenvalue weighted by molar-refractivity contribution is 5.69. The lowest BCUT2D eigenvalue weighted by Crippen LogP contribution is -2.22. The molecule has 0 aliphatic carbocycles. The third kappa shape index (κ3) is 2.84. The topological polar surface area (TPSA) is 40.5 Å². The molecule has 0 radical (unpaired) electrons. The van der Waals surface area contributed by atoms with Crippen molar-refractivity contribution < 1.29 is 9.90 Å². The first kappa shape index (κ1) is 12.9. The fourth-order valence-electron chi connectivity index (χ4n) is 2.58. The Morgan fingerprint density at radius 2 is 1.78 bits per heavy atom. The molecule has 0 unspecified atom stereocenters. The summed E-state index contributed by atoms with van der Waals surface area (Å²) >= 11 is 0. The van der Waals surface area contributed by atoms with Crippen LogP contribution in [0.25, 0.3) is 0 Å². The van der Waals surface area contributed by atoms with Crippen LogP contribution in [0.4, 0.5) is 5.69 Å². The summed E-state index contributed by atoms with van der Waals surface area (Å²) in [6, 6.07) is 8.36. The monoisotopic (exact) mass is 247 g/mol. The average molecular weight is 247 g/mol.